The molecule has 0 unspecified atom stereocenters. The van der Waals surface area contributed by atoms with Crippen LogP contribution in [0.15, 0.2) is 66.7 Å². The molecule has 0 saturated carbocycles. The SMILES string of the molecule is Cc1nc(-c2nc(-c3ccccc3)c3ccccc3n2)ccc1F. The first-order chi connectivity index (χ1) is 11.7. The lowest BCUT2D eigenvalue weighted by atomic mass is 10.1. The van der Waals surface area contributed by atoms with Gasteiger partial charge in [0.05, 0.1) is 16.9 Å². The van der Waals surface area contributed by atoms with Crippen LogP contribution in [-0.4, -0.2) is 15.0 Å². The molecule has 24 heavy (non-hydrogen) atoms. The van der Waals surface area contributed by atoms with Crippen LogP contribution in [0, 0.1) is 12.7 Å². The second-order valence-electron chi connectivity index (χ2n) is 5.54. The molecule has 0 atom stereocenters. The molecule has 4 heteroatoms. The summed E-state index contributed by atoms with van der Waals surface area (Å²) in [7, 11) is 0. The fraction of sp³-hybridized carbons (Fsp3) is 0.0500. The molecule has 0 spiro atoms. The highest BCUT2D eigenvalue weighted by atomic mass is 19.1. The van der Waals surface area contributed by atoms with Crippen molar-refractivity contribution < 1.29 is 4.39 Å². The van der Waals surface area contributed by atoms with Crippen LogP contribution in [0.5, 0.6) is 0 Å². The number of aryl methyl sites for hydroxylation is 1. The molecule has 0 aliphatic heterocycles. The third kappa shape index (κ3) is 2.52. The van der Waals surface area contributed by atoms with Gasteiger partial charge in [0, 0.05) is 10.9 Å². The predicted octanol–water partition coefficient (Wildman–Crippen LogP) is 4.81. The van der Waals surface area contributed by atoms with Crippen LogP contribution in [0.1, 0.15) is 5.69 Å². The first-order valence-electron chi connectivity index (χ1n) is 7.68. The number of aromatic nitrogens is 3. The third-order valence-corrected chi connectivity index (χ3v) is 3.90. The summed E-state index contributed by atoms with van der Waals surface area (Å²) in [5.74, 6) is 0.165. The van der Waals surface area contributed by atoms with Gasteiger partial charge in [0.1, 0.15) is 11.5 Å². The molecule has 0 radical (unpaired) electrons. The van der Waals surface area contributed by atoms with Gasteiger partial charge >= 0.3 is 0 Å². The molecule has 116 valence electrons. The van der Waals surface area contributed by atoms with Gasteiger partial charge in [-0.15, -0.1) is 0 Å². The van der Waals surface area contributed by atoms with Crippen molar-refractivity contribution in [1.82, 2.24) is 15.0 Å². The van der Waals surface area contributed by atoms with Gasteiger partial charge < -0.3 is 0 Å². The molecule has 4 rings (SSSR count). The zero-order valence-electron chi connectivity index (χ0n) is 13.1. The van der Waals surface area contributed by atoms with Crippen molar-refractivity contribution in [2.45, 2.75) is 6.92 Å². The number of halogens is 1. The predicted molar refractivity (Wildman–Crippen MR) is 92.9 cm³/mol. The highest BCUT2D eigenvalue weighted by molar-refractivity contribution is 5.93. The van der Waals surface area contributed by atoms with E-state index < -0.39 is 0 Å². The van der Waals surface area contributed by atoms with Crippen molar-refractivity contribution in [2.24, 2.45) is 0 Å². The number of nitrogens with zero attached hydrogens (tertiary/aromatic N) is 3. The van der Waals surface area contributed by atoms with Crippen molar-refractivity contribution >= 4 is 10.9 Å². The lowest BCUT2D eigenvalue weighted by Crippen LogP contribution is -1.98. The molecule has 3 nitrogen and oxygen atoms in total. The van der Waals surface area contributed by atoms with E-state index in [0.29, 0.717) is 17.2 Å². The highest BCUT2D eigenvalue weighted by Crippen LogP contribution is 2.28. The smallest absolute Gasteiger partial charge is 0.179 e. The van der Waals surface area contributed by atoms with Crippen LogP contribution in [0.4, 0.5) is 4.39 Å². The zero-order chi connectivity index (χ0) is 16.5. The number of rotatable bonds is 2. The average Bonchev–Trinajstić information content (AvgIpc) is 2.64. The number of para-hydroxylation sites is 1. The van der Waals surface area contributed by atoms with Crippen LogP contribution >= 0.6 is 0 Å². The van der Waals surface area contributed by atoms with E-state index in [9.17, 15) is 4.39 Å². The maximum absolute atomic E-state index is 13.5. The van der Waals surface area contributed by atoms with Gasteiger partial charge in [0.15, 0.2) is 5.82 Å². The minimum atomic E-state index is -0.331. The molecule has 0 aliphatic rings. The molecule has 0 aliphatic carbocycles. The minimum Gasteiger partial charge on any atom is -0.247 e. The monoisotopic (exact) mass is 315 g/mol. The van der Waals surface area contributed by atoms with E-state index in [0.717, 1.165) is 22.2 Å². The Morgan fingerprint density at radius 2 is 1.50 bits per heavy atom. The molecule has 0 bridgehead atoms. The minimum absolute atomic E-state index is 0.331. The van der Waals surface area contributed by atoms with Crippen LogP contribution in [0.2, 0.25) is 0 Å². The van der Waals surface area contributed by atoms with Gasteiger partial charge in [-0.05, 0) is 25.1 Å². The summed E-state index contributed by atoms with van der Waals surface area (Å²) in [5.41, 5.74) is 3.60. The number of fused-ring (bicyclic) bond motifs is 1. The zero-order valence-corrected chi connectivity index (χ0v) is 13.1. The first-order valence-corrected chi connectivity index (χ1v) is 7.68. The van der Waals surface area contributed by atoms with Crippen LogP contribution in [-0.2, 0) is 0 Å². The average molecular weight is 315 g/mol. The Kier molecular flexibility index (Phi) is 3.50. The van der Waals surface area contributed by atoms with Gasteiger partial charge in [0.2, 0.25) is 0 Å². The molecule has 0 fully saturated rings. The molecular formula is C20H14FN3. The fourth-order valence-electron chi connectivity index (χ4n) is 2.68. The largest absolute Gasteiger partial charge is 0.247 e. The summed E-state index contributed by atoms with van der Waals surface area (Å²) in [6.07, 6.45) is 0. The van der Waals surface area contributed by atoms with Crippen molar-refractivity contribution in [3.63, 3.8) is 0 Å². The summed E-state index contributed by atoms with van der Waals surface area (Å²) in [4.78, 5) is 13.6. The summed E-state index contributed by atoms with van der Waals surface area (Å²) >= 11 is 0. The van der Waals surface area contributed by atoms with Gasteiger partial charge in [-0.1, -0.05) is 48.5 Å². The number of hydrogen-bond donors (Lipinski definition) is 0. The van der Waals surface area contributed by atoms with Crippen LogP contribution in [0.25, 0.3) is 33.7 Å². The van der Waals surface area contributed by atoms with Gasteiger partial charge in [-0.2, -0.15) is 0 Å². The Labute approximate surface area is 138 Å². The highest BCUT2D eigenvalue weighted by Gasteiger charge is 2.12. The van der Waals surface area contributed by atoms with Crippen molar-refractivity contribution in [3.05, 3.63) is 78.2 Å². The molecule has 0 N–H and O–H groups in total. The van der Waals surface area contributed by atoms with Gasteiger partial charge in [-0.25, -0.2) is 19.3 Å². The van der Waals surface area contributed by atoms with Crippen LogP contribution < -0.4 is 0 Å². The Morgan fingerprint density at radius 3 is 2.29 bits per heavy atom. The Hall–Kier alpha value is -3.14. The van der Waals surface area contributed by atoms with Crippen LogP contribution in [0.3, 0.4) is 0 Å². The second kappa shape index (κ2) is 5.81. The van der Waals surface area contributed by atoms with Crippen molar-refractivity contribution in [2.75, 3.05) is 0 Å². The Balaban J connectivity index is 1.99. The quantitative estimate of drug-likeness (QED) is 0.533. The standard InChI is InChI=1S/C20H14FN3/c1-13-16(21)11-12-18(22-13)20-23-17-10-6-5-9-15(17)19(24-20)14-7-3-2-4-8-14/h2-12H,1H3. The number of benzene rings is 2. The molecular weight excluding hydrogens is 301 g/mol. The van der Waals surface area contributed by atoms with Gasteiger partial charge in [0.25, 0.3) is 0 Å². The Morgan fingerprint density at radius 1 is 0.750 bits per heavy atom. The fourth-order valence-corrected chi connectivity index (χ4v) is 2.68. The molecule has 0 amide bonds. The summed E-state index contributed by atoms with van der Waals surface area (Å²) in [5, 5.41) is 0.978. The third-order valence-electron chi connectivity index (χ3n) is 3.90. The lowest BCUT2D eigenvalue weighted by molar-refractivity contribution is 0.610. The van der Waals surface area contributed by atoms with E-state index in [2.05, 4.69) is 9.97 Å². The van der Waals surface area contributed by atoms with E-state index >= 15 is 0 Å². The van der Waals surface area contributed by atoms with Gasteiger partial charge in [-0.3, -0.25) is 0 Å². The van der Waals surface area contributed by atoms with Crippen molar-refractivity contribution in [3.8, 4) is 22.8 Å². The normalized spacial score (nSPS) is 10.9. The number of pyridine rings is 1. The molecule has 2 aromatic heterocycles. The first kappa shape index (κ1) is 14.5. The molecule has 4 aromatic rings. The molecule has 0 saturated heterocycles. The maximum atomic E-state index is 13.5. The topological polar surface area (TPSA) is 38.7 Å². The summed E-state index contributed by atoms with van der Waals surface area (Å²) in [6.45, 7) is 1.64. The second-order valence-corrected chi connectivity index (χ2v) is 5.54. The van der Waals surface area contributed by atoms with E-state index in [1.165, 1.54) is 6.07 Å². The Bertz CT molecular complexity index is 1030. The van der Waals surface area contributed by atoms with Crippen molar-refractivity contribution in [1.29, 1.82) is 0 Å². The van der Waals surface area contributed by atoms with E-state index in [-0.39, 0.29) is 5.82 Å². The summed E-state index contributed by atoms with van der Waals surface area (Å²) < 4.78 is 13.5. The number of hydrogen-bond acceptors (Lipinski definition) is 3. The van der Waals surface area contributed by atoms with E-state index in [1.807, 2.05) is 54.6 Å². The maximum Gasteiger partial charge on any atom is 0.179 e. The lowest BCUT2D eigenvalue weighted by Gasteiger charge is -2.09. The van der Waals surface area contributed by atoms with E-state index in [1.54, 1.807) is 13.0 Å². The molecule has 2 heterocycles. The molecule has 2 aromatic carbocycles. The summed E-state index contributed by atoms with van der Waals surface area (Å²) in [6, 6.07) is 20.8. The van der Waals surface area contributed by atoms with E-state index in [4.69, 9.17) is 4.98 Å².